The van der Waals surface area contributed by atoms with Gasteiger partial charge in [-0.1, -0.05) is 67.6 Å². The van der Waals surface area contributed by atoms with Crippen LogP contribution < -0.4 is 11.1 Å². The fraction of sp³-hybridized carbons (Fsp3) is 0.364. The van der Waals surface area contributed by atoms with Gasteiger partial charge in [-0.25, -0.2) is 0 Å². The van der Waals surface area contributed by atoms with E-state index in [1.54, 1.807) is 20.8 Å². The molecular formula is C22H29ClN2O3. The molecule has 0 aliphatic rings. The van der Waals surface area contributed by atoms with Gasteiger partial charge in [0.1, 0.15) is 0 Å². The van der Waals surface area contributed by atoms with Crippen molar-refractivity contribution in [3.05, 3.63) is 71.8 Å². The second-order valence-electron chi connectivity index (χ2n) is 6.94. The zero-order valence-corrected chi connectivity index (χ0v) is 17.3. The fourth-order valence-electron chi connectivity index (χ4n) is 2.85. The minimum absolute atomic E-state index is 0. The third-order valence-electron chi connectivity index (χ3n) is 4.39. The number of hydrogen-bond acceptors (Lipinski definition) is 4. The van der Waals surface area contributed by atoms with Gasteiger partial charge in [0, 0.05) is 6.04 Å². The van der Waals surface area contributed by atoms with Crippen molar-refractivity contribution in [2.45, 2.75) is 45.4 Å². The van der Waals surface area contributed by atoms with E-state index in [2.05, 4.69) is 5.32 Å². The lowest BCUT2D eigenvalue weighted by molar-refractivity contribution is -0.148. The molecule has 2 aromatic rings. The zero-order chi connectivity index (χ0) is 19.8. The van der Waals surface area contributed by atoms with E-state index in [1.165, 1.54) is 0 Å². The van der Waals surface area contributed by atoms with Crippen molar-refractivity contribution >= 4 is 24.3 Å². The molecule has 2 rings (SSSR count). The molecule has 6 heteroatoms. The molecule has 28 heavy (non-hydrogen) atoms. The predicted molar refractivity (Wildman–Crippen MR) is 113 cm³/mol. The van der Waals surface area contributed by atoms with Gasteiger partial charge < -0.3 is 15.8 Å². The first-order chi connectivity index (χ1) is 12.9. The summed E-state index contributed by atoms with van der Waals surface area (Å²) in [6.07, 6.45) is -0.128. The van der Waals surface area contributed by atoms with Gasteiger partial charge in [0.15, 0.2) is 0 Å². The molecule has 0 heterocycles. The summed E-state index contributed by atoms with van der Waals surface area (Å²) in [6.45, 7) is 5.39. The van der Waals surface area contributed by atoms with Gasteiger partial charge in [-0.05, 0) is 25.0 Å². The van der Waals surface area contributed by atoms with Crippen LogP contribution in [0.15, 0.2) is 60.7 Å². The highest BCUT2D eigenvalue weighted by Crippen LogP contribution is 2.22. The summed E-state index contributed by atoms with van der Waals surface area (Å²) in [5.41, 5.74) is 8.02. The lowest BCUT2D eigenvalue weighted by atomic mass is 9.93. The molecule has 0 aliphatic heterocycles. The Hall–Kier alpha value is -2.37. The van der Waals surface area contributed by atoms with Crippen LogP contribution in [0.3, 0.4) is 0 Å². The number of amides is 1. The van der Waals surface area contributed by atoms with Crippen molar-refractivity contribution < 1.29 is 14.3 Å². The number of ether oxygens (including phenoxy) is 1. The van der Waals surface area contributed by atoms with Crippen LogP contribution in [0.25, 0.3) is 0 Å². The van der Waals surface area contributed by atoms with Crippen molar-refractivity contribution in [2.75, 3.05) is 0 Å². The summed E-state index contributed by atoms with van der Waals surface area (Å²) >= 11 is 0. The quantitative estimate of drug-likeness (QED) is 0.653. The highest BCUT2D eigenvalue weighted by molar-refractivity contribution is 5.85. The molecule has 0 spiro atoms. The van der Waals surface area contributed by atoms with Crippen molar-refractivity contribution in [2.24, 2.45) is 11.7 Å². The van der Waals surface area contributed by atoms with Gasteiger partial charge in [-0.2, -0.15) is 0 Å². The molecule has 0 saturated carbocycles. The van der Waals surface area contributed by atoms with Crippen LogP contribution in [0.1, 0.15) is 50.4 Å². The Morgan fingerprint density at radius 3 is 1.93 bits per heavy atom. The molecule has 3 N–H and O–H groups in total. The standard InChI is InChI=1S/C22H28N2O3.ClH/c1-15(2)27-20(25)14-19(17-10-6-4-7-11-17)24-22(26)16(3)21(23)18-12-8-5-9-13-18;/h4-13,15-16,19,21H,14,23H2,1-3H3,(H,24,26);1H. The molecule has 1 amide bonds. The normalized spacial score (nSPS) is 13.8. The molecule has 3 unspecified atom stereocenters. The van der Waals surface area contributed by atoms with Crippen molar-refractivity contribution in [1.29, 1.82) is 0 Å². The van der Waals surface area contributed by atoms with Gasteiger partial charge >= 0.3 is 5.97 Å². The van der Waals surface area contributed by atoms with Gasteiger partial charge in [0.05, 0.1) is 24.5 Å². The Labute approximate surface area is 173 Å². The first-order valence-electron chi connectivity index (χ1n) is 9.23. The number of carbonyl (C=O) groups is 2. The second-order valence-corrected chi connectivity index (χ2v) is 6.94. The number of hydrogen-bond donors (Lipinski definition) is 2. The van der Waals surface area contributed by atoms with Crippen LogP contribution in [0.2, 0.25) is 0 Å². The lowest BCUT2D eigenvalue weighted by Gasteiger charge is -2.24. The minimum atomic E-state index is -0.463. The Morgan fingerprint density at radius 1 is 0.929 bits per heavy atom. The molecular weight excluding hydrogens is 376 g/mol. The number of esters is 1. The minimum Gasteiger partial charge on any atom is -0.463 e. The van der Waals surface area contributed by atoms with E-state index in [0.29, 0.717) is 0 Å². The average molecular weight is 405 g/mol. The summed E-state index contributed by atoms with van der Waals surface area (Å²) in [4.78, 5) is 24.9. The van der Waals surface area contributed by atoms with Gasteiger partial charge in [0.2, 0.25) is 5.91 Å². The average Bonchev–Trinajstić information content (AvgIpc) is 2.67. The Balaban J connectivity index is 0.00000392. The Kier molecular flexibility index (Phi) is 9.69. The molecule has 0 saturated heterocycles. The van der Waals surface area contributed by atoms with Crippen LogP contribution in [0.4, 0.5) is 0 Å². The highest BCUT2D eigenvalue weighted by atomic mass is 35.5. The SMILES string of the molecule is CC(C)OC(=O)CC(NC(=O)C(C)C(N)c1ccccc1)c1ccccc1.Cl. The molecule has 2 aromatic carbocycles. The zero-order valence-electron chi connectivity index (χ0n) is 16.5. The third kappa shape index (κ3) is 6.98. The first kappa shape index (κ1) is 23.7. The topological polar surface area (TPSA) is 81.4 Å². The van der Waals surface area contributed by atoms with E-state index in [-0.39, 0.29) is 36.8 Å². The van der Waals surface area contributed by atoms with Gasteiger partial charge in [-0.3, -0.25) is 9.59 Å². The van der Waals surface area contributed by atoms with Crippen LogP contribution in [-0.4, -0.2) is 18.0 Å². The monoisotopic (exact) mass is 404 g/mol. The smallest absolute Gasteiger partial charge is 0.308 e. The number of carbonyl (C=O) groups excluding carboxylic acids is 2. The summed E-state index contributed by atoms with van der Waals surface area (Å²) in [6, 6.07) is 18.0. The molecule has 3 atom stereocenters. The maximum absolute atomic E-state index is 12.8. The molecule has 0 aliphatic carbocycles. The Morgan fingerprint density at radius 2 is 1.43 bits per heavy atom. The molecule has 152 valence electrons. The van der Waals surface area contributed by atoms with E-state index in [0.717, 1.165) is 11.1 Å². The summed E-state index contributed by atoms with van der Waals surface area (Å²) in [5.74, 6) is -0.989. The largest absolute Gasteiger partial charge is 0.463 e. The van der Waals surface area contributed by atoms with Crippen LogP contribution >= 0.6 is 12.4 Å². The van der Waals surface area contributed by atoms with Crippen molar-refractivity contribution in [1.82, 2.24) is 5.32 Å². The number of rotatable bonds is 8. The molecule has 0 fully saturated rings. The van der Waals surface area contributed by atoms with E-state index in [4.69, 9.17) is 10.5 Å². The Bertz CT molecular complexity index is 738. The van der Waals surface area contributed by atoms with Gasteiger partial charge in [-0.15, -0.1) is 12.4 Å². The maximum Gasteiger partial charge on any atom is 0.308 e. The summed E-state index contributed by atoms with van der Waals surface area (Å²) in [5, 5.41) is 2.97. The van der Waals surface area contributed by atoms with E-state index in [9.17, 15) is 9.59 Å². The van der Waals surface area contributed by atoms with Crippen LogP contribution in [0.5, 0.6) is 0 Å². The predicted octanol–water partition coefficient (Wildman–Crippen LogP) is 3.94. The van der Waals surface area contributed by atoms with Crippen LogP contribution in [-0.2, 0) is 14.3 Å². The molecule has 5 nitrogen and oxygen atoms in total. The van der Waals surface area contributed by atoms with E-state index >= 15 is 0 Å². The molecule has 0 radical (unpaired) electrons. The summed E-state index contributed by atoms with van der Waals surface area (Å²) in [7, 11) is 0. The fourth-order valence-corrected chi connectivity index (χ4v) is 2.85. The number of nitrogens with one attached hydrogen (secondary N) is 1. The van der Waals surface area contributed by atoms with Crippen molar-refractivity contribution in [3.8, 4) is 0 Å². The molecule has 0 aromatic heterocycles. The van der Waals surface area contributed by atoms with E-state index < -0.39 is 18.0 Å². The molecule has 0 bridgehead atoms. The van der Waals surface area contributed by atoms with Crippen LogP contribution in [0, 0.1) is 5.92 Å². The maximum atomic E-state index is 12.8. The van der Waals surface area contributed by atoms with Crippen molar-refractivity contribution in [3.63, 3.8) is 0 Å². The highest BCUT2D eigenvalue weighted by Gasteiger charge is 2.26. The summed E-state index contributed by atoms with van der Waals surface area (Å²) < 4.78 is 5.25. The number of halogens is 1. The van der Waals surface area contributed by atoms with E-state index in [1.807, 2.05) is 60.7 Å². The number of benzene rings is 2. The third-order valence-corrected chi connectivity index (χ3v) is 4.39. The van der Waals surface area contributed by atoms with Gasteiger partial charge in [0.25, 0.3) is 0 Å². The lowest BCUT2D eigenvalue weighted by Crippen LogP contribution is -2.38. The number of nitrogens with two attached hydrogens (primary N) is 1. The first-order valence-corrected chi connectivity index (χ1v) is 9.23. The second kappa shape index (κ2) is 11.5.